The van der Waals surface area contributed by atoms with Gasteiger partial charge >= 0.3 is 0 Å². The number of anilines is 1. The summed E-state index contributed by atoms with van der Waals surface area (Å²) < 4.78 is 1.03. The monoisotopic (exact) mass is 318 g/mol. The third-order valence-electron chi connectivity index (χ3n) is 2.81. The van der Waals surface area contributed by atoms with Crippen LogP contribution in [0.5, 0.6) is 0 Å². The molecule has 1 heterocycles. The Balaban J connectivity index is 2.82. The highest BCUT2D eigenvalue weighted by molar-refractivity contribution is 9.10. The van der Waals surface area contributed by atoms with Crippen LogP contribution in [0.15, 0.2) is 16.7 Å². The normalized spacial score (nSPS) is 13.5. The molecule has 1 rings (SSSR count). The first-order valence-electron chi connectivity index (χ1n) is 5.79. The minimum Gasteiger partial charge on any atom is -0.367 e. The molecule has 1 unspecified atom stereocenters. The summed E-state index contributed by atoms with van der Waals surface area (Å²) in [6, 6.07) is 2.38. The molecule has 0 aliphatic carbocycles. The second-order valence-corrected chi connectivity index (χ2v) is 6.59. The molecule has 0 aromatic carbocycles. The fourth-order valence-electron chi connectivity index (χ4n) is 1.63. The molecule has 0 aliphatic heterocycles. The SMILES string of the molecule is Cc1cc(NC(CCCl)C(C)(C)C)ncc1Br. The van der Waals surface area contributed by atoms with Crippen LogP contribution in [0.3, 0.4) is 0 Å². The largest absolute Gasteiger partial charge is 0.367 e. The van der Waals surface area contributed by atoms with Crippen LogP contribution < -0.4 is 5.32 Å². The number of halogens is 2. The molecule has 0 saturated carbocycles. The van der Waals surface area contributed by atoms with E-state index in [4.69, 9.17) is 11.6 Å². The average Bonchev–Trinajstić information content (AvgIpc) is 2.21. The van der Waals surface area contributed by atoms with Crippen LogP contribution in [-0.2, 0) is 0 Å². The molecular weight excluding hydrogens is 300 g/mol. The summed E-state index contributed by atoms with van der Waals surface area (Å²) in [5.74, 6) is 1.57. The van der Waals surface area contributed by atoms with Gasteiger partial charge in [-0.2, -0.15) is 0 Å². The Labute approximate surface area is 117 Å². The number of aromatic nitrogens is 1. The first-order valence-corrected chi connectivity index (χ1v) is 7.12. The third-order valence-corrected chi connectivity index (χ3v) is 3.86. The molecule has 0 fully saturated rings. The van der Waals surface area contributed by atoms with Gasteiger partial charge in [-0.3, -0.25) is 0 Å². The van der Waals surface area contributed by atoms with E-state index in [1.807, 2.05) is 6.20 Å². The highest BCUT2D eigenvalue weighted by Gasteiger charge is 2.24. The summed E-state index contributed by atoms with van der Waals surface area (Å²) in [6.45, 7) is 8.69. The Morgan fingerprint density at radius 1 is 1.47 bits per heavy atom. The molecule has 17 heavy (non-hydrogen) atoms. The number of pyridine rings is 1. The average molecular weight is 320 g/mol. The Kier molecular flexibility index (Phi) is 5.26. The van der Waals surface area contributed by atoms with Crippen molar-refractivity contribution < 1.29 is 0 Å². The summed E-state index contributed by atoms with van der Waals surface area (Å²) in [7, 11) is 0. The number of nitrogens with zero attached hydrogens (tertiary/aromatic N) is 1. The molecule has 1 aromatic heterocycles. The molecule has 1 N–H and O–H groups in total. The number of alkyl halides is 1. The van der Waals surface area contributed by atoms with Crippen LogP contribution in [0, 0.1) is 12.3 Å². The van der Waals surface area contributed by atoms with Crippen molar-refractivity contribution in [2.45, 2.75) is 40.2 Å². The minimum atomic E-state index is 0.164. The standard InChI is InChI=1S/C13H20BrClN2/c1-9-7-12(16-8-10(9)14)17-11(5-6-15)13(2,3)4/h7-8,11H,5-6H2,1-4H3,(H,16,17). The van der Waals surface area contributed by atoms with Crippen LogP contribution >= 0.6 is 27.5 Å². The van der Waals surface area contributed by atoms with E-state index in [1.54, 1.807) is 0 Å². The zero-order valence-corrected chi connectivity index (χ0v) is 13.2. The lowest BCUT2D eigenvalue weighted by Crippen LogP contribution is -2.34. The second kappa shape index (κ2) is 6.05. The minimum absolute atomic E-state index is 0.164. The van der Waals surface area contributed by atoms with Crippen LogP contribution in [0.4, 0.5) is 5.82 Å². The molecule has 1 atom stereocenters. The fraction of sp³-hybridized carbons (Fsp3) is 0.615. The smallest absolute Gasteiger partial charge is 0.126 e. The summed E-state index contributed by atoms with van der Waals surface area (Å²) in [5, 5.41) is 3.47. The number of hydrogen-bond acceptors (Lipinski definition) is 2. The van der Waals surface area contributed by atoms with E-state index < -0.39 is 0 Å². The predicted octanol–water partition coefficient (Wildman–Crippen LogP) is 4.61. The van der Waals surface area contributed by atoms with Crippen LogP contribution in [-0.4, -0.2) is 16.9 Å². The highest BCUT2D eigenvalue weighted by atomic mass is 79.9. The topological polar surface area (TPSA) is 24.9 Å². The zero-order chi connectivity index (χ0) is 13.1. The van der Waals surface area contributed by atoms with Crippen molar-refractivity contribution in [3.8, 4) is 0 Å². The van der Waals surface area contributed by atoms with Gasteiger partial charge in [0.1, 0.15) is 5.82 Å². The van der Waals surface area contributed by atoms with Gasteiger partial charge in [-0.1, -0.05) is 20.8 Å². The van der Waals surface area contributed by atoms with Gasteiger partial charge in [0.05, 0.1) is 0 Å². The second-order valence-electron chi connectivity index (χ2n) is 5.36. The van der Waals surface area contributed by atoms with E-state index in [0.717, 1.165) is 16.7 Å². The van der Waals surface area contributed by atoms with Crippen molar-refractivity contribution >= 4 is 33.3 Å². The van der Waals surface area contributed by atoms with Crippen LogP contribution in [0.25, 0.3) is 0 Å². The van der Waals surface area contributed by atoms with Crippen molar-refractivity contribution in [1.29, 1.82) is 0 Å². The molecule has 0 bridgehead atoms. The quantitative estimate of drug-likeness (QED) is 0.820. The molecule has 0 saturated heterocycles. The van der Waals surface area contributed by atoms with E-state index in [0.29, 0.717) is 11.9 Å². The maximum Gasteiger partial charge on any atom is 0.126 e. The van der Waals surface area contributed by atoms with Crippen molar-refractivity contribution in [1.82, 2.24) is 4.98 Å². The van der Waals surface area contributed by atoms with Crippen molar-refractivity contribution in [2.24, 2.45) is 5.41 Å². The van der Waals surface area contributed by atoms with Crippen molar-refractivity contribution in [3.05, 3.63) is 22.3 Å². The first-order chi connectivity index (χ1) is 7.84. The van der Waals surface area contributed by atoms with Gasteiger partial charge in [-0.05, 0) is 46.3 Å². The lowest BCUT2D eigenvalue weighted by Gasteiger charge is -2.31. The summed E-state index contributed by atoms with van der Waals surface area (Å²) in [5.41, 5.74) is 1.35. The molecule has 4 heteroatoms. The van der Waals surface area contributed by atoms with E-state index in [2.05, 4.69) is 60.0 Å². The lowest BCUT2D eigenvalue weighted by atomic mass is 9.85. The maximum absolute atomic E-state index is 5.86. The molecule has 1 aromatic rings. The Bertz CT molecular complexity index is 374. The van der Waals surface area contributed by atoms with Crippen molar-refractivity contribution in [3.63, 3.8) is 0 Å². The number of hydrogen-bond donors (Lipinski definition) is 1. The van der Waals surface area contributed by atoms with E-state index in [-0.39, 0.29) is 5.41 Å². The zero-order valence-electron chi connectivity index (χ0n) is 10.8. The molecule has 0 spiro atoms. The summed E-state index contributed by atoms with van der Waals surface area (Å²) in [6.07, 6.45) is 2.76. The van der Waals surface area contributed by atoms with Gasteiger partial charge in [-0.15, -0.1) is 11.6 Å². The molecular formula is C13H20BrClN2. The Morgan fingerprint density at radius 3 is 2.59 bits per heavy atom. The molecule has 2 nitrogen and oxygen atoms in total. The molecule has 0 radical (unpaired) electrons. The molecule has 96 valence electrons. The molecule has 0 aliphatic rings. The number of rotatable bonds is 4. The molecule has 0 amide bonds. The van der Waals surface area contributed by atoms with Crippen molar-refractivity contribution in [2.75, 3.05) is 11.2 Å². The van der Waals surface area contributed by atoms with Gasteiger partial charge < -0.3 is 5.32 Å². The van der Waals surface area contributed by atoms with Crippen LogP contribution in [0.2, 0.25) is 0 Å². The van der Waals surface area contributed by atoms with Gasteiger partial charge in [0, 0.05) is 22.6 Å². The lowest BCUT2D eigenvalue weighted by molar-refractivity contribution is 0.334. The van der Waals surface area contributed by atoms with Gasteiger partial charge in [0.15, 0.2) is 0 Å². The Morgan fingerprint density at radius 2 is 2.12 bits per heavy atom. The van der Waals surface area contributed by atoms with E-state index >= 15 is 0 Å². The number of nitrogens with one attached hydrogen (secondary N) is 1. The third kappa shape index (κ3) is 4.47. The van der Waals surface area contributed by atoms with Crippen LogP contribution in [0.1, 0.15) is 32.8 Å². The first kappa shape index (κ1) is 14.8. The predicted molar refractivity (Wildman–Crippen MR) is 78.9 cm³/mol. The number of aryl methyl sites for hydroxylation is 1. The summed E-state index contributed by atoms with van der Waals surface area (Å²) in [4.78, 5) is 4.37. The fourth-order valence-corrected chi connectivity index (χ4v) is 2.06. The van der Waals surface area contributed by atoms with E-state index in [1.165, 1.54) is 5.56 Å². The Hall–Kier alpha value is -0.280. The van der Waals surface area contributed by atoms with Gasteiger partial charge in [-0.25, -0.2) is 4.98 Å². The van der Waals surface area contributed by atoms with Gasteiger partial charge in [0.2, 0.25) is 0 Å². The van der Waals surface area contributed by atoms with Gasteiger partial charge in [0.25, 0.3) is 0 Å². The highest BCUT2D eigenvalue weighted by Crippen LogP contribution is 2.26. The summed E-state index contributed by atoms with van der Waals surface area (Å²) >= 11 is 9.31. The maximum atomic E-state index is 5.86. The van der Waals surface area contributed by atoms with E-state index in [9.17, 15) is 0 Å².